The van der Waals surface area contributed by atoms with Crippen molar-refractivity contribution in [3.8, 4) is 11.5 Å². The third-order valence-corrected chi connectivity index (χ3v) is 4.21. The zero-order chi connectivity index (χ0) is 19.5. The molecule has 4 nitrogen and oxygen atoms in total. The Kier molecular flexibility index (Phi) is 6.67. The first-order valence-electron chi connectivity index (χ1n) is 7.89. The number of carbonyl (C=O) groups is 1. The largest absolute Gasteiger partial charge is 0.454 e. The quantitative estimate of drug-likeness (QED) is 0.416. The highest BCUT2D eigenvalue weighted by molar-refractivity contribution is 6.35. The van der Waals surface area contributed by atoms with Gasteiger partial charge >= 0.3 is 5.97 Å². The fourth-order valence-corrected chi connectivity index (χ4v) is 2.61. The van der Waals surface area contributed by atoms with Crippen molar-refractivity contribution >= 4 is 46.5 Å². The molecule has 2 aromatic carbocycles. The van der Waals surface area contributed by atoms with Gasteiger partial charge in [0.15, 0.2) is 12.5 Å². The molecule has 26 heavy (non-hydrogen) atoms. The molecule has 0 spiro atoms. The molecule has 0 aliphatic heterocycles. The molecule has 0 atom stereocenters. The average Bonchev–Trinajstić information content (AvgIpc) is 2.54. The van der Waals surface area contributed by atoms with Crippen LogP contribution in [0.4, 0.5) is 5.69 Å². The molecule has 0 heterocycles. The van der Waals surface area contributed by atoms with Crippen LogP contribution >= 0.6 is 34.8 Å². The molecule has 0 saturated heterocycles. The van der Waals surface area contributed by atoms with Crippen molar-refractivity contribution in [2.45, 2.75) is 20.8 Å². The molecule has 0 aromatic heterocycles. The lowest BCUT2D eigenvalue weighted by atomic mass is 9.98. The molecule has 0 saturated carbocycles. The smallest absolute Gasteiger partial charge is 0.312 e. The first-order chi connectivity index (χ1) is 12.1. The van der Waals surface area contributed by atoms with Crippen LogP contribution in [0, 0.1) is 5.41 Å². The summed E-state index contributed by atoms with van der Waals surface area (Å²) in [5.41, 5.74) is 0.124. The molecule has 0 unspecified atom stereocenters. The van der Waals surface area contributed by atoms with Crippen LogP contribution in [0.2, 0.25) is 15.1 Å². The minimum absolute atomic E-state index is 0.0719. The van der Waals surface area contributed by atoms with E-state index in [9.17, 15) is 4.79 Å². The SMILES string of the molecule is CN(COC(=O)C(C)(C)C)c1ccc(Cl)cc1Oc1ccc(Cl)cc1Cl. The van der Waals surface area contributed by atoms with Crippen molar-refractivity contribution < 1.29 is 14.3 Å². The van der Waals surface area contributed by atoms with E-state index in [0.29, 0.717) is 32.3 Å². The fraction of sp³-hybridized carbons (Fsp3) is 0.316. The van der Waals surface area contributed by atoms with Crippen LogP contribution in [0.25, 0.3) is 0 Å². The van der Waals surface area contributed by atoms with Crippen LogP contribution in [0.15, 0.2) is 36.4 Å². The zero-order valence-corrected chi connectivity index (χ0v) is 17.2. The van der Waals surface area contributed by atoms with Crippen LogP contribution in [0.3, 0.4) is 0 Å². The first-order valence-corrected chi connectivity index (χ1v) is 9.02. The lowest BCUT2D eigenvalue weighted by Gasteiger charge is -2.24. The van der Waals surface area contributed by atoms with E-state index < -0.39 is 5.41 Å². The average molecular weight is 417 g/mol. The third-order valence-electron chi connectivity index (χ3n) is 3.45. The highest BCUT2D eigenvalue weighted by Crippen LogP contribution is 2.37. The van der Waals surface area contributed by atoms with Crippen LogP contribution < -0.4 is 9.64 Å². The van der Waals surface area contributed by atoms with Gasteiger partial charge in [0, 0.05) is 23.2 Å². The Hall–Kier alpha value is -1.62. The summed E-state index contributed by atoms with van der Waals surface area (Å²) in [7, 11) is 1.79. The van der Waals surface area contributed by atoms with Gasteiger partial charge in [-0.15, -0.1) is 0 Å². The molecule has 0 fully saturated rings. The number of carbonyl (C=O) groups excluding carboxylic acids is 1. The normalized spacial score (nSPS) is 11.2. The van der Waals surface area contributed by atoms with Gasteiger partial charge in [0.1, 0.15) is 5.75 Å². The molecular formula is C19H20Cl3NO3. The van der Waals surface area contributed by atoms with E-state index in [1.807, 2.05) is 0 Å². The highest BCUT2D eigenvalue weighted by atomic mass is 35.5. The van der Waals surface area contributed by atoms with Gasteiger partial charge < -0.3 is 14.4 Å². The molecule has 0 aliphatic rings. The number of rotatable bonds is 5. The molecule has 2 aromatic rings. The molecular weight excluding hydrogens is 397 g/mol. The highest BCUT2D eigenvalue weighted by Gasteiger charge is 2.24. The van der Waals surface area contributed by atoms with Crippen molar-refractivity contribution in [2.24, 2.45) is 5.41 Å². The van der Waals surface area contributed by atoms with Gasteiger partial charge in [0.25, 0.3) is 0 Å². The van der Waals surface area contributed by atoms with Crippen LogP contribution in [0.1, 0.15) is 20.8 Å². The number of hydrogen-bond acceptors (Lipinski definition) is 4. The van der Waals surface area contributed by atoms with Gasteiger partial charge in [-0.25, -0.2) is 0 Å². The second kappa shape index (κ2) is 8.38. The van der Waals surface area contributed by atoms with Gasteiger partial charge in [0.2, 0.25) is 0 Å². The van der Waals surface area contributed by atoms with E-state index in [4.69, 9.17) is 44.3 Å². The van der Waals surface area contributed by atoms with E-state index in [1.54, 1.807) is 69.1 Å². The number of ether oxygens (including phenoxy) is 2. The Labute approximate surface area is 168 Å². The molecule has 0 N–H and O–H groups in total. The zero-order valence-electron chi connectivity index (χ0n) is 15.0. The minimum atomic E-state index is -0.572. The second-order valence-electron chi connectivity index (χ2n) is 6.80. The lowest BCUT2D eigenvalue weighted by Crippen LogP contribution is -2.29. The Balaban J connectivity index is 2.22. The Morgan fingerprint density at radius 3 is 2.23 bits per heavy atom. The number of hydrogen-bond donors (Lipinski definition) is 0. The number of benzene rings is 2. The van der Waals surface area contributed by atoms with Gasteiger partial charge in [-0.2, -0.15) is 0 Å². The number of halogens is 3. The van der Waals surface area contributed by atoms with Gasteiger partial charge in [0.05, 0.1) is 16.1 Å². The Morgan fingerprint density at radius 2 is 1.62 bits per heavy atom. The van der Waals surface area contributed by atoms with Crippen LogP contribution in [-0.4, -0.2) is 19.7 Å². The lowest BCUT2D eigenvalue weighted by molar-refractivity contribution is -0.152. The van der Waals surface area contributed by atoms with Crippen molar-refractivity contribution in [3.05, 3.63) is 51.5 Å². The maximum Gasteiger partial charge on any atom is 0.312 e. The van der Waals surface area contributed by atoms with Crippen molar-refractivity contribution in [1.29, 1.82) is 0 Å². The summed E-state index contributed by atoms with van der Waals surface area (Å²) in [6.07, 6.45) is 0. The van der Waals surface area contributed by atoms with E-state index in [1.165, 1.54) is 0 Å². The van der Waals surface area contributed by atoms with Gasteiger partial charge in [-0.3, -0.25) is 4.79 Å². The number of esters is 1. The summed E-state index contributed by atoms with van der Waals surface area (Å²) in [5.74, 6) is 0.636. The molecule has 140 valence electrons. The first kappa shape index (κ1) is 20.7. The Morgan fingerprint density at radius 1 is 1.00 bits per heavy atom. The molecule has 0 bridgehead atoms. The monoisotopic (exact) mass is 415 g/mol. The van der Waals surface area contributed by atoms with Crippen molar-refractivity contribution in [1.82, 2.24) is 0 Å². The number of anilines is 1. The van der Waals surface area contributed by atoms with E-state index >= 15 is 0 Å². The summed E-state index contributed by atoms with van der Waals surface area (Å²) < 4.78 is 11.3. The van der Waals surface area contributed by atoms with Gasteiger partial charge in [-0.1, -0.05) is 34.8 Å². The summed E-state index contributed by atoms with van der Waals surface area (Å²) >= 11 is 18.2. The van der Waals surface area contributed by atoms with E-state index in [2.05, 4.69) is 0 Å². The van der Waals surface area contributed by atoms with Crippen molar-refractivity contribution in [2.75, 3.05) is 18.7 Å². The summed E-state index contributed by atoms with van der Waals surface area (Å²) in [4.78, 5) is 13.7. The summed E-state index contributed by atoms with van der Waals surface area (Å²) in [6.45, 7) is 5.47. The standard InChI is InChI=1S/C19H20Cl3NO3/c1-19(2,3)18(24)25-11-23(4)15-7-5-13(21)10-17(15)26-16-8-6-12(20)9-14(16)22/h5-10H,11H2,1-4H3. The van der Waals surface area contributed by atoms with Crippen LogP contribution in [-0.2, 0) is 9.53 Å². The molecule has 2 rings (SSSR count). The molecule has 0 aliphatic carbocycles. The Bertz CT molecular complexity index is 803. The van der Waals surface area contributed by atoms with Crippen LogP contribution in [0.5, 0.6) is 11.5 Å². The van der Waals surface area contributed by atoms with Gasteiger partial charge in [-0.05, 0) is 51.1 Å². The van der Waals surface area contributed by atoms with E-state index in [0.717, 1.165) is 0 Å². The summed E-state index contributed by atoms with van der Waals surface area (Å²) in [6, 6.07) is 10.1. The third kappa shape index (κ3) is 5.44. The molecule has 7 heteroatoms. The number of nitrogens with zero attached hydrogens (tertiary/aromatic N) is 1. The molecule has 0 amide bonds. The maximum atomic E-state index is 12.0. The van der Waals surface area contributed by atoms with E-state index in [-0.39, 0.29) is 12.7 Å². The topological polar surface area (TPSA) is 38.8 Å². The predicted molar refractivity (Wildman–Crippen MR) is 107 cm³/mol. The predicted octanol–water partition coefficient (Wildman–Crippen LogP) is 6.42. The minimum Gasteiger partial charge on any atom is -0.454 e. The summed E-state index contributed by atoms with van der Waals surface area (Å²) in [5, 5.41) is 1.40. The second-order valence-corrected chi connectivity index (χ2v) is 8.08. The fourth-order valence-electron chi connectivity index (χ4n) is 2.00. The molecule has 0 radical (unpaired) electrons. The maximum absolute atomic E-state index is 12.0. The van der Waals surface area contributed by atoms with Crippen molar-refractivity contribution in [3.63, 3.8) is 0 Å².